The molecular formula is C23H27F3N6O. The number of piperidine rings is 1. The molecule has 3 aromatic heterocycles. The van der Waals surface area contributed by atoms with E-state index in [-0.39, 0.29) is 34.8 Å². The quantitative estimate of drug-likeness (QED) is 0.535. The van der Waals surface area contributed by atoms with Crippen LogP contribution in [0.15, 0.2) is 29.5 Å². The molecular weight excluding hydrogens is 433 g/mol. The van der Waals surface area contributed by atoms with E-state index in [9.17, 15) is 18.0 Å². The third-order valence-electron chi connectivity index (χ3n) is 6.72. The highest BCUT2D eigenvalue weighted by molar-refractivity contribution is 5.95. The van der Waals surface area contributed by atoms with Crippen LogP contribution >= 0.6 is 0 Å². The van der Waals surface area contributed by atoms with Crippen molar-refractivity contribution in [2.24, 2.45) is 0 Å². The SMILES string of the molecule is O=c1c2[nH]cc(-c3nc(N[C@H]4CCCNC4)ncc3C(F)(F)F)c2ccn1C1CCCCC1. The van der Waals surface area contributed by atoms with Gasteiger partial charge < -0.3 is 20.2 Å². The predicted molar refractivity (Wildman–Crippen MR) is 120 cm³/mol. The van der Waals surface area contributed by atoms with E-state index in [1.54, 1.807) is 16.8 Å². The van der Waals surface area contributed by atoms with Gasteiger partial charge in [-0.05, 0) is 38.3 Å². The monoisotopic (exact) mass is 460 g/mol. The third-order valence-corrected chi connectivity index (χ3v) is 6.72. The van der Waals surface area contributed by atoms with E-state index in [2.05, 4.69) is 25.6 Å². The van der Waals surface area contributed by atoms with Gasteiger partial charge in [0.1, 0.15) is 11.1 Å². The Labute approximate surface area is 188 Å². The van der Waals surface area contributed by atoms with E-state index in [0.717, 1.165) is 51.3 Å². The number of pyridine rings is 1. The van der Waals surface area contributed by atoms with Gasteiger partial charge in [-0.3, -0.25) is 4.79 Å². The second kappa shape index (κ2) is 8.81. The number of hydrogen-bond donors (Lipinski definition) is 3. The lowest BCUT2D eigenvalue weighted by atomic mass is 9.95. The molecule has 1 saturated carbocycles. The maximum Gasteiger partial charge on any atom is 0.419 e. The molecule has 3 N–H and O–H groups in total. The van der Waals surface area contributed by atoms with Gasteiger partial charge in [-0.2, -0.15) is 13.2 Å². The summed E-state index contributed by atoms with van der Waals surface area (Å²) < 4.78 is 43.2. The number of H-pyrrole nitrogens is 1. The molecule has 1 aliphatic heterocycles. The number of nitrogens with one attached hydrogen (secondary N) is 3. The molecule has 10 heteroatoms. The Morgan fingerprint density at radius 2 is 1.94 bits per heavy atom. The zero-order chi connectivity index (χ0) is 23.0. The van der Waals surface area contributed by atoms with E-state index < -0.39 is 11.7 Å². The Kier molecular flexibility index (Phi) is 5.86. The van der Waals surface area contributed by atoms with Gasteiger partial charge in [-0.25, -0.2) is 9.97 Å². The average Bonchev–Trinajstić information content (AvgIpc) is 3.25. The smallest absolute Gasteiger partial charge is 0.356 e. The summed E-state index contributed by atoms with van der Waals surface area (Å²) in [7, 11) is 0. The minimum absolute atomic E-state index is 0.0500. The lowest BCUT2D eigenvalue weighted by Crippen LogP contribution is -2.38. The van der Waals surface area contributed by atoms with Crippen LogP contribution in [0.1, 0.15) is 56.6 Å². The van der Waals surface area contributed by atoms with Crippen molar-refractivity contribution < 1.29 is 13.2 Å². The third kappa shape index (κ3) is 4.36. The molecule has 1 saturated heterocycles. The number of alkyl halides is 3. The van der Waals surface area contributed by atoms with Crippen molar-refractivity contribution in [2.45, 2.75) is 63.2 Å². The first-order chi connectivity index (χ1) is 15.9. The fourth-order valence-electron chi connectivity index (χ4n) is 5.00. The number of halogens is 3. The number of hydrogen-bond acceptors (Lipinski definition) is 5. The van der Waals surface area contributed by atoms with Crippen LogP contribution in [-0.4, -0.2) is 38.7 Å². The van der Waals surface area contributed by atoms with E-state index in [1.807, 2.05) is 0 Å². The summed E-state index contributed by atoms with van der Waals surface area (Å²) in [5.74, 6) is 0.150. The van der Waals surface area contributed by atoms with Crippen LogP contribution in [0.5, 0.6) is 0 Å². The predicted octanol–water partition coefficient (Wildman–Crippen LogP) is 4.47. The van der Waals surface area contributed by atoms with Crippen molar-refractivity contribution in [2.75, 3.05) is 18.4 Å². The average molecular weight is 461 g/mol. The molecule has 4 heterocycles. The van der Waals surface area contributed by atoms with Crippen LogP contribution in [0.3, 0.4) is 0 Å². The number of aromatic nitrogens is 4. The summed E-state index contributed by atoms with van der Waals surface area (Å²) in [4.78, 5) is 24.3. The second-order valence-electron chi connectivity index (χ2n) is 8.95. The topological polar surface area (TPSA) is 87.6 Å². The number of rotatable bonds is 4. The van der Waals surface area contributed by atoms with E-state index in [1.165, 1.54) is 12.6 Å². The first kappa shape index (κ1) is 21.9. The van der Waals surface area contributed by atoms with Crippen molar-refractivity contribution in [1.82, 2.24) is 24.8 Å². The Morgan fingerprint density at radius 3 is 2.67 bits per heavy atom. The summed E-state index contributed by atoms with van der Waals surface area (Å²) in [6.45, 7) is 1.62. The lowest BCUT2D eigenvalue weighted by Gasteiger charge is -2.24. The first-order valence-electron chi connectivity index (χ1n) is 11.6. The summed E-state index contributed by atoms with van der Waals surface area (Å²) >= 11 is 0. The number of aromatic amines is 1. The van der Waals surface area contributed by atoms with Gasteiger partial charge >= 0.3 is 6.18 Å². The molecule has 0 spiro atoms. The van der Waals surface area contributed by atoms with E-state index in [0.29, 0.717) is 17.4 Å². The minimum Gasteiger partial charge on any atom is -0.356 e. The molecule has 0 radical (unpaired) electrons. The highest BCUT2D eigenvalue weighted by atomic mass is 19.4. The summed E-state index contributed by atoms with van der Waals surface area (Å²) in [6, 6.07) is 1.90. The lowest BCUT2D eigenvalue weighted by molar-refractivity contribution is -0.137. The van der Waals surface area contributed by atoms with E-state index >= 15 is 0 Å². The molecule has 0 unspecified atom stereocenters. The molecule has 33 heavy (non-hydrogen) atoms. The van der Waals surface area contributed by atoms with E-state index in [4.69, 9.17) is 0 Å². The van der Waals surface area contributed by atoms with Gasteiger partial charge in [-0.15, -0.1) is 0 Å². The molecule has 3 aromatic rings. The molecule has 0 aromatic carbocycles. The molecule has 2 aliphatic rings. The van der Waals surface area contributed by atoms with Crippen molar-refractivity contribution in [3.8, 4) is 11.3 Å². The fraction of sp³-hybridized carbons (Fsp3) is 0.522. The Morgan fingerprint density at radius 1 is 1.12 bits per heavy atom. The van der Waals surface area contributed by atoms with Crippen molar-refractivity contribution in [3.05, 3.63) is 40.6 Å². The molecule has 5 rings (SSSR count). The number of anilines is 1. The molecule has 1 aliphatic carbocycles. The van der Waals surface area contributed by atoms with Crippen molar-refractivity contribution >= 4 is 16.9 Å². The zero-order valence-corrected chi connectivity index (χ0v) is 18.2. The van der Waals surface area contributed by atoms with Crippen LogP contribution in [-0.2, 0) is 6.18 Å². The van der Waals surface area contributed by atoms with Crippen LogP contribution < -0.4 is 16.2 Å². The number of nitrogens with zero attached hydrogens (tertiary/aromatic N) is 3. The molecule has 176 valence electrons. The highest BCUT2D eigenvalue weighted by Crippen LogP contribution is 2.38. The Hall–Kier alpha value is -2.88. The fourth-order valence-corrected chi connectivity index (χ4v) is 5.00. The zero-order valence-electron chi connectivity index (χ0n) is 18.2. The maximum absolute atomic E-state index is 13.8. The largest absolute Gasteiger partial charge is 0.419 e. The Balaban J connectivity index is 1.56. The Bertz CT molecular complexity index is 1190. The van der Waals surface area contributed by atoms with Gasteiger partial charge in [0.05, 0.1) is 5.69 Å². The maximum atomic E-state index is 13.8. The van der Waals surface area contributed by atoms with Gasteiger partial charge in [0, 0.05) is 48.2 Å². The second-order valence-corrected chi connectivity index (χ2v) is 8.95. The summed E-state index contributed by atoms with van der Waals surface area (Å²) in [5, 5.41) is 6.83. The normalized spacial score (nSPS) is 20.3. The van der Waals surface area contributed by atoms with Crippen LogP contribution in [0.25, 0.3) is 22.2 Å². The first-order valence-corrected chi connectivity index (χ1v) is 11.6. The number of fused-ring (bicyclic) bond motifs is 1. The molecule has 2 fully saturated rings. The molecule has 0 bridgehead atoms. The molecule has 7 nitrogen and oxygen atoms in total. The van der Waals surface area contributed by atoms with Crippen molar-refractivity contribution in [3.63, 3.8) is 0 Å². The van der Waals surface area contributed by atoms with Gasteiger partial charge in [-0.1, -0.05) is 19.3 Å². The van der Waals surface area contributed by atoms with Gasteiger partial charge in [0.25, 0.3) is 5.56 Å². The van der Waals surface area contributed by atoms with Crippen LogP contribution in [0.4, 0.5) is 19.1 Å². The summed E-state index contributed by atoms with van der Waals surface area (Å²) in [5.41, 5.74) is -0.815. The van der Waals surface area contributed by atoms with Gasteiger partial charge in [0.15, 0.2) is 0 Å². The standard InChI is InChI=1S/C23H27F3N6O/c24-23(25,26)18-13-29-22(30-14-5-4-9-27-11-14)31-19(18)17-12-28-20-16(17)8-10-32(21(20)33)15-6-2-1-3-7-15/h8,10,12-15,27-28H,1-7,9,11H2,(H,29,30,31)/t14-/m0/s1. The minimum atomic E-state index is -4.62. The van der Waals surface area contributed by atoms with Crippen LogP contribution in [0, 0.1) is 0 Å². The molecule has 1 atom stereocenters. The molecule has 0 amide bonds. The van der Waals surface area contributed by atoms with Crippen LogP contribution in [0.2, 0.25) is 0 Å². The van der Waals surface area contributed by atoms with Gasteiger partial charge in [0.2, 0.25) is 5.95 Å². The summed E-state index contributed by atoms with van der Waals surface area (Å²) in [6.07, 6.45) is 6.41. The van der Waals surface area contributed by atoms with Crippen molar-refractivity contribution in [1.29, 1.82) is 0 Å². The highest BCUT2D eigenvalue weighted by Gasteiger charge is 2.36.